The van der Waals surface area contributed by atoms with E-state index in [0.29, 0.717) is 24.8 Å². The fourth-order valence-electron chi connectivity index (χ4n) is 7.31. The summed E-state index contributed by atoms with van der Waals surface area (Å²) in [5, 5.41) is 35.1. The highest BCUT2D eigenvalue weighted by molar-refractivity contribution is 8.76. The van der Waals surface area contributed by atoms with Crippen LogP contribution in [0.25, 0.3) is 0 Å². The Kier molecular flexibility index (Phi) is 26.5. The molecule has 2 aliphatic heterocycles. The molecular weight excluding hydrogens is 997 g/mol. The molecule has 73 heavy (non-hydrogen) atoms. The van der Waals surface area contributed by atoms with Gasteiger partial charge in [-0.25, -0.2) is 0 Å². The minimum absolute atomic E-state index is 0.0468. The van der Waals surface area contributed by atoms with Crippen molar-refractivity contribution in [3.8, 4) is 5.75 Å². The summed E-state index contributed by atoms with van der Waals surface area (Å²) in [5.41, 5.74) is 22.9. The smallest absolute Gasteiger partial charge is 0.300 e. The molecule has 0 saturated carbocycles. The van der Waals surface area contributed by atoms with Crippen LogP contribution in [0, 0.1) is 11.8 Å². The highest BCUT2D eigenvalue weighted by Crippen LogP contribution is 2.26. The number of aromatic hydroxyl groups is 1. The van der Waals surface area contributed by atoms with E-state index in [9.17, 15) is 57.8 Å². The lowest BCUT2D eigenvalue weighted by Crippen LogP contribution is -2.61. The largest absolute Gasteiger partial charge is 0.508 e. The fraction of sp³-hybridized carbons (Fsp3) is 0.600. The number of benzene rings is 1. The van der Waals surface area contributed by atoms with Gasteiger partial charge >= 0.3 is 0 Å². The molecule has 1 aromatic carbocycles. The van der Waals surface area contributed by atoms with Gasteiger partial charge in [0.25, 0.3) is 5.97 Å². The van der Waals surface area contributed by atoms with E-state index in [1.54, 1.807) is 27.7 Å². The predicted molar refractivity (Wildman–Crippen MR) is 268 cm³/mol. The van der Waals surface area contributed by atoms with Crippen molar-refractivity contribution in [3.63, 3.8) is 0 Å². The van der Waals surface area contributed by atoms with Gasteiger partial charge in [-0.1, -0.05) is 74.3 Å². The monoisotopic (exact) mass is 1070 g/mol. The topological polar surface area (TPSA) is 437 Å². The van der Waals surface area contributed by atoms with Crippen LogP contribution in [0.2, 0.25) is 0 Å². The third kappa shape index (κ3) is 21.5. The molecule has 2 saturated heterocycles. The maximum atomic E-state index is 14.5. The van der Waals surface area contributed by atoms with Crippen molar-refractivity contribution < 1.29 is 67.7 Å². The zero-order chi connectivity index (χ0) is 55.1. The van der Waals surface area contributed by atoms with Crippen molar-refractivity contribution in [2.75, 3.05) is 24.6 Å². The number of hydrogen-bond donors (Lipinski definition) is 13. The Labute approximate surface area is 430 Å². The number of phenols is 1. The Hall–Kier alpha value is -6.68. The third-order valence-corrected chi connectivity index (χ3v) is 14.2. The van der Waals surface area contributed by atoms with Crippen molar-refractivity contribution in [2.24, 2.45) is 34.8 Å². The van der Waals surface area contributed by atoms with E-state index in [2.05, 4.69) is 37.2 Å². The summed E-state index contributed by atoms with van der Waals surface area (Å²) >= 11 is 0. The maximum absolute atomic E-state index is 14.5. The number of carboxylic acid groups (broad SMARTS) is 1. The SMILES string of the molecule is CC(=O)O.CC[C@H](C)[C@@H]1NC(=O)[C@H](Cc2ccc(O)cc2)NC(=O)[C@@H](N)CSSC[C@@H](C(=O)N2CCC[C@H]2C(=O)N[C@H](C(=O)NCC(N)=O)[C@@H](C)CC)NC(=O)[C@H](CC(N)=O)NC(=O)[C@H](CCC(N)=O)NC1=O. The Morgan fingerprint density at radius 1 is 0.767 bits per heavy atom. The first-order valence-electron chi connectivity index (χ1n) is 23.5. The van der Waals surface area contributed by atoms with E-state index >= 15 is 0 Å². The van der Waals surface area contributed by atoms with Gasteiger partial charge in [0.1, 0.15) is 48.0 Å². The summed E-state index contributed by atoms with van der Waals surface area (Å²) in [6.45, 7) is 7.56. The van der Waals surface area contributed by atoms with Crippen LogP contribution in [-0.4, -0.2) is 159 Å². The van der Waals surface area contributed by atoms with Crippen molar-refractivity contribution in [3.05, 3.63) is 29.8 Å². The zero-order valence-corrected chi connectivity index (χ0v) is 43.1. The van der Waals surface area contributed by atoms with Crippen LogP contribution < -0.4 is 60.2 Å². The average molecular weight is 1070 g/mol. The Bertz CT molecular complexity index is 2150. The Morgan fingerprint density at radius 2 is 1.34 bits per heavy atom. The van der Waals surface area contributed by atoms with Crippen LogP contribution in [-0.2, 0) is 64.0 Å². The lowest BCUT2D eigenvalue weighted by Gasteiger charge is -2.31. The molecule has 11 amide bonds. The van der Waals surface area contributed by atoms with Crippen LogP contribution in [0.4, 0.5) is 0 Å². The highest BCUT2D eigenvalue weighted by Gasteiger charge is 2.41. The number of nitrogens with one attached hydrogen (secondary N) is 7. The minimum Gasteiger partial charge on any atom is -0.508 e. The number of aliphatic carboxylic acids is 1. The lowest BCUT2D eigenvalue weighted by atomic mass is 9.96. The molecule has 1 aromatic rings. The standard InChI is InChI=1S/C43H66N12O12S2.C2H4O2/c1-5-21(3)34(41(65)48-18-33(47)59)54-40(64)30-8-7-15-55(30)43(67)29-20-69-68-19-25(44)36(60)50-27(16-23-9-11-24(56)12-10-23)39(63)53-35(22(4)6-2)42(66)49-26(13-14-31(45)57)37(61)51-28(17-32(46)58)38(62)52-29;1-2(3)4/h9-12,21-22,25-30,34-35,56H,5-8,13-20,44H2,1-4H3,(H2,45,57)(H2,46,58)(H2,47,59)(H,48,65)(H,49,66)(H,50,60)(H,51,61)(H,52,62)(H,53,63)(H,54,64);1H3,(H,3,4)/t21-,22-,25-,26-,27-,28-,29-,30-,34-,35-;/m0./s1. The quantitative estimate of drug-likeness (QED) is 0.0673. The molecule has 0 aliphatic carbocycles. The van der Waals surface area contributed by atoms with Gasteiger partial charge in [-0.2, -0.15) is 0 Å². The van der Waals surface area contributed by atoms with E-state index < -0.39 is 157 Å². The molecular formula is C45H70N12O14S2. The van der Waals surface area contributed by atoms with Gasteiger partial charge in [0.15, 0.2) is 0 Å². The van der Waals surface area contributed by atoms with Gasteiger partial charge in [-0.05, 0) is 48.8 Å². The van der Waals surface area contributed by atoms with Gasteiger partial charge in [-0.3, -0.25) is 57.5 Å². The number of amides is 11. The molecule has 3 rings (SSSR count). The summed E-state index contributed by atoms with van der Waals surface area (Å²) in [5.74, 6) is -11.5. The summed E-state index contributed by atoms with van der Waals surface area (Å²) in [6.07, 6.45) is -0.421. The maximum Gasteiger partial charge on any atom is 0.300 e. The number of phenolic OH excluding ortho intramolecular Hbond substituents is 1. The number of carboxylic acids is 1. The minimum atomic E-state index is -1.75. The summed E-state index contributed by atoms with van der Waals surface area (Å²) in [4.78, 5) is 157. The Balaban J connectivity index is 0.00000439. The molecule has 28 heteroatoms. The number of carbonyl (C=O) groups is 12. The number of hydrogen-bond acceptors (Lipinski definition) is 16. The first-order chi connectivity index (χ1) is 34.3. The predicted octanol–water partition coefficient (Wildman–Crippen LogP) is -3.52. The molecule has 0 radical (unpaired) electrons. The van der Waals surface area contributed by atoms with Gasteiger partial charge < -0.3 is 75.3 Å². The molecule has 2 heterocycles. The second-order valence-corrected chi connectivity index (χ2v) is 20.2. The summed E-state index contributed by atoms with van der Waals surface area (Å²) in [6, 6.07) is -5.06. The first-order valence-corrected chi connectivity index (χ1v) is 26.0. The number of carbonyl (C=O) groups excluding carboxylic acids is 11. The van der Waals surface area contributed by atoms with Crippen LogP contribution in [0.1, 0.15) is 85.1 Å². The molecule has 17 N–H and O–H groups in total. The molecule has 0 bridgehead atoms. The lowest BCUT2D eigenvalue weighted by molar-refractivity contribution is -0.142. The molecule has 10 atom stereocenters. The summed E-state index contributed by atoms with van der Waals surface area (Å²) < 4.78 is 0. The molecule has 406 valence electrons. The second kappa shape index (κ2) is 31.0. The third-order valence-electron chi connectivity index (χ3n) is 11.7. The van der Waals surface area contributed by atoms with Crippen LogP contribution >= 0.6 is 21.6 Å². The highest BCUT2D eigenvalue weighted by atomic mass is 33.1. The van der Waals surface area contributed by atoms with E-state index in [0.717, 1.165) is 28.5 Å². The molecule has 2 fully saturated rings. The second-order valence-electron chi connectivity index (χ2n) is 17.6. The molecule has 26 nitrogen and oxygen atoms in total. The van der Waals surface area contributed by atoms with E-state index in [1.807, 2.05) is 0 Å². The van der Waals surface area contributed by atoms with Gasteiger partial charge in [0.2, 0.25) is 65.0 Å². The van der Waals surface area contributed by atoms with Crippen LogP contribution in [0.5, 0.6) is 5.75 Å². The van der Waals surface area contributed by atoms with Gasteiger partial charge in [0, 0.05) is 37.8 Å². The first kappa shape index (κ1) is 62.4. The Morgan fingerprint density at radius 3 is 1.92 bits per heavy atom. The molecule has 2 aliphatic rings. The number of primary amides is 3. The molecule has 0 spiro atoms. The van der Waals surface area contributed by atoms with Crippen molar-refractivity contribution in [1.82, 2.24) is 42.1 Å². The van der Waals surface area contributed by atoms with Crippen molar-refractivity contribution in [1.29, 1.82) is 0 Å². The van der Waals surface area contributed by atoms with Crippen molar-refractivity contribution >= 4 is 92.5 Å². The fourth-order valence-corrected chi connectivity index (χ4v) is 9.59. The number of nitrogens with zero attached hydrogens (tertiary/aromatic N) is 1. The zero-order valence-electron chi connectivity index (χ0n) is 41.4. The van der Waals surface area contributed by atoms with E-state index in [4.69, 9.17) is 32.8 Å². The molecule has 0 unspecified atom stereocenters. The van der Waals surface area contributed by atoms with Gasteiger partial charge in [-0.15, -0.1) is 0 Å². The molecule has 0 aromatic heterocycles. The summed E-state index contributed by atoms with van der Waals surface area (Å²) in [7, 11) is 2.05. The van der Waals surface area contributed by atoms with E-state index in [-0.39, 0.29) is 36.6 Å². The number of nitrogens with two attached hydrogens (primary N) is 4. The number of likely N-dealkylation sites (tertiary alicyclic amines) is 1. The normalized spacial score (nSPS) is 23.7. The number of rotatable bonds is 17. The van der Waals surface area contributed by atoms with Crippen molar-refractivity contribution in [2.45, 2.75) is 134 Å². The van der Waals surface area contributed by atoms with Crippen LogP contribution in [0.3, 0.4) is 0 Å². The van der Waals surface area contributed by atoms with E-state index in [1.165, 1.54) is 29.2 Å². The van der Waals surface area contributed by atoms with Crippen LogP contribution in [0.15, 0.2) is 24.3 Å². The van der Waals surface area contributed by atoms with Gasteiger partial charge in [0.05, 0.1) is 19.0 Å². The average Bonchev–Trinajstić information content (AvgIpc) is 3.83.